The maximum atomic E-state index is 10.4. The zero-order valence-corrected chi connectivity index (χ0v) is 12.1. The Morgan fingerprint density at radius 1 is 1.37 bits per heavy atom. The van der Waals surface area contributed by atoms with Crippen LogP contribution in [0.1, 0.15) is 24.3 Å². The number of thioether (sulfide) groups is 1. The Morgan fingerprint density at radius 3 is 2.63 bits per heavy atom. The summed E-state index contributed by atoms with van der Waals surface area (Å²) in [5, 5.41) is 14.6. The van der Waals surface area contributed by atoms with Gasteiger partial charge in [0.25, 0.3) is 0 Å². The Balaban J connectivity index is 2.27. The molecule has 1 heterocycles. The average Bonchev–Trinajstić information content (AvgIpc) is 2.80. The van der Waals surface area contributed by atoms with Crippen LogP contribution in [0.4, 0.5) is 0 Å². The Morgan fingerprint density at radius 2 is 2.05 bits per heavy atom. The first-order valence-corrected chi connectivity index (χ1v) is 7.12. The van der Waals surface area contributed by atoms with Gasteiger partial charge >= 0.3 is 0 Å². The molecule has 4 nitrogen and oxygen atoms in total. The predicted octanol–water partition coefficient (Wildman–Crippen LogP) is 2.62. The first kappa shape index (κ1) is 14.0. The van der Waals surface area contributed by atoms with E-state index in [0.29, 0.717) is 11.4 Å². The summed E-state index contributed by atoms with van der Waals surface area (Å²) in [6.45, 7) is 2.12. The summed E-state index contributed by atoms with van der Waals surface area (Å²) in [4.78, 5) is 1.20. The van der Waals surface area contributed by atoms with E-state index in [0.717, 1.165) is 11.3 Å². The van der Waals surface area contributed by atoms with Crippen LogP contribution in [0, 0.1) is 0 Å². The van der Waals surface area contributed by atoms with E-state index in [1.54, 1.807) is 36.8 Å². The molecule has 0 fully saturated rings. The number of ether oxygens (including phenoxy) is 1. The fourth-order valence-corrected chi connectivity index (χ4v) is 2.63. The lowest BCUT2D eigenvalue weighted by atomic mass is 10.1. The van der Waals surface area contributed by atoms with Crippen molar-refractivity contribution < 1.29 is 9.84 Å². The molecule has 0 saturated carbocycles. The number of aliphatic hydroxyl groups is 1. The first-order chi connectivity index (χ1) is 9.17. The van der Waals surface area contributed by atoms with Crippen LogP contribution in [-0.4, -0.2) is 27.7 Å². The minimum Gasteiger partial charge on any atom is -0.493 e. The molecule has 0 amide bonds. The minimum atomic E-state index is -0.733. The van der Waals surface area contributed by atoms with Gasteiger partial charge in [-0.1, -0.05) is 19.1 Å². The molecule has 2 rings (SSSR count). The van der Waals surface area contributed by atoms with Crippen LogP contribution < -0.4 is 4.74 Å². The third-order valence-electron chi connectivity index (χ3n) is 2.94. The molecule has 1 aromatic carbocycles. The maximum Gasteiger partial charge on any atom is 0.162 e. The Labute approximate surface area is 117 Å². The standard InChI is InChI=1S/C14H18N2O2S/c1-4-19-11-7-5-10(6-8-11)14(17)13-12(18-3)9-15-16(13)2/h5-9,14,17H,4H2,1-3H3. The summed E-state index contributed by atoms with van der Waals surface area (Å²) in [7, 11) is 3.37. The highest BCUT2D eigenvalue weighted by Gasteiger charge is 2.19. The number of methoxy groups -OCH3 is 1. The molecule has 1 unspecified atom stereocenters. The second-order valence-electron chi connectivity index (χ2n) is 4.13. The molecule has 19 heavy (non-hydrogen) atoms. The SMILES string of the molecule is CCSc1ccc(C(O)c2c(OC)cnn2C)cc1. The molecule has 0 aliphatic carbocycles. The van der Waals surface area contributed by atoms with Crippen molar-refractivity contribution >= 4 is 11.8 Å². The summed E-state index contributed by atoms with van der Waals surface area (Å²) >= 11 is 1.78. The molecule has 0 bridgehead atoms. The van der Waals surface area contributed by atoms with Crippen molar-refractivity contribution in [2.75, 3.05) is 12.9 Å². The van der Waals surface area contributed by atoms with Crippen molar-refractivity contribution in [2.24, 2.45) is 7.05 Å². The van der Waals surface area contributed by atoms with E-state index < -0.39 is 6.10 Å². The summed E-state index contributed by atoms with van der Waals surface area (Å²) in [6.07, 6.45) is 0.878. The smallest absolute Gasteiger partial charge is 0.162 e. The lowest BCUT2D eigenvalue weighted by Gasteiger charge is -2.13. The number of aliphatic hydroxyl groups excluding tert-OH is 1. The fourth-order valence-electron chi connectivity index (χ4n) is 1.97. The van der Waals surface area contributed by atoms with Gasteiger partial charge in [0.1, 0.15) is 11.8 Å². The van der Waals surface area contributed by atoms with E-state index in [1.165, 1.54) is 4.90 Å². The van der Waals surface area contributed by atoms with Gasteiger partial charge in [0.2, 0.25) is 0 Å². The molecule has 0 radical (unpaired) electrons. The molecule has 0 spiro atoms. The van der Waals surface area contributed by atoms with Crippen LogP contribution in [0.2, 0.25) is 0 Å². The van der Waals surface area contributed by atoms with E-state index in [1.807, 2.05) is 24.3 Å². The van der Waals surface area contributed by atoms with Gasteiger partial charge in [-0.2, -0.15) is 5.10 Å². The van der Waals surface area contributed by atoms with Gasteiger partial charge in [-0.25, -0.2) is 0 Å². The first-order valence-electron chi connectivity index (χ1n) is 6.14. The van der Waals surface area contributed by atoms with E-state index in [9.17, 15) is 5.11 Å². The van der Waals surface area contributed by atoms with Crippen LogP contribution in [0.25, 0.3) is 0 Å². The van der Waals surface area contributed by atoms with Gasteiger partial charge in [0.15, 0.2) is 5.75 Å². The average molecular weight is 278 g/mol. The zero-order valence-electron chi connectivity index (χ0n) is 11.3. The van der Waals surface area contributed by atoms with Crippen LogP contribution >= 0.6 is 11.8 Å². The molecule has 1 atom stereocenters. The van der Waals surface area contributed by atoms with Crippen LogP contribution in [0.5, 0.6) is 5.75 Å². The molecule has 1 N–H and O–H groups in total. The van der Waals surface area contributed by atoms with Crippen molar-refractivity contribution in [3.8, 4) is 5.75 Å². The minimum absolute atomic E-state index is 0.599. The maximum absolute atomic E-state index is 10.4. The zero-order chi connectivity index (χ0) is 13.8. The molecule has 0 aliphatic rings. The van der Waals surface area contributed by atoms with Gasteiger partial charge in [-0.05, 0) is 23.4 Å². The van der Waals surface area contributed by atoms with Crippen molar-refractivity contribution in [3.05, 3.63) is 41.7 Å². The summed E-state index contributed by atoms with van der Waals surface area (Å²) in [5.41, 5.74) is 1.50. The molecule has 0 saturated heterocycles. The lowest BCUT2D eigenvalue weighted by molar-refractivity contribution is 0.204. The number of aryl methyl sites for hydroxylation is 1. The highest BCUT2D eigenvalue weighted by atomic mass is 32.2. The van der Waals surface area contributed by atoms with Gasteiger partial charge in [-0.15, -0.1) is 11.8 Å². The van der Waals surface area contributed by atoms with Crippen LogP contribution in [0.3, 0.4) is 0 Å². The molecule has 2 aromatic rings. The van der Waals surface area contributed by atoms with Crippen LogP contribution in [-0.2, 0) is 7.05 Å². The van der Waals surface area contributed by atoms with Crippen molar-refractivity contribution in [1.29, 1.82) is 0 Å². The topological polar surface area (TPSA) is 47.3 Å². The molecule has 102 valence electrons. The van der Waals surface area contributed by atoms with Gasteiger partial charge in [-0.3, -0.25) is 4.68 Å². The molecule has 1 aromatic heterocycles. The van der Waals surface area contributed by atoms with Gasteiger partial charge < -0.3 is 9.84 Å². The Kier molecular flexibility index (Phi) is 4.50. The number of hydrogen-bond donors (Lipinski definition) is 1. The fraction of sp³-hybridized carbons (Fsp3) is 0.357. The lowest BCUT2D eigenvalue weighted by Crippen LogP contribution is -2.08. The van der Waals surface area contributed by atoms with Gasteiger partial charge in [0.05, 0.1) is 13.3 Å². The highest BCUT2D eigenvalue weighted by Crippen LogP contribution is 2.30. The van der Waals surface area contributed by atoms with Crippen molar-refractivity contribution in [3.63, 3.8) is 0 Å². The Hall–Kier alpha value is -1.46. The highest BCUT2D eigenvalue weighted by molar-refractivity contribution is 7.99. The van der Waals surface area contributed by atoms with E-state index >= 15 is 0 Å². The normalized spacial score (nSPS) is 12.4. The number of rotatable bonds is 5. The monoisotopic (exact) mass is 278 g/mol. The second-order valence-corrected chi connectivity index (χ2v) is 5.46. The van der Waals surface area contributed by atoms with E-state index in [4.69, 9.17) is 4.74 Å². The van der Waals surface area contributed by atoms with E-state index in [-0.39, 0.29) is 0 Å². The Bertz CT molecular complexity index is 537. The summed E-state index contributed by atoms with van der Waals surface area (Å²) < 4.78 is 6.86. The molecular formula is C14H18N2O2S. The third kappa shape index (κ3) is 2.93. The largest absolute Gasteiger partial charge is 0.493 e. The number of aromatic nitrogens is 2. The van der Waals surface area contributed by atoms with E-state index in [2.05, 4.69) is 12.0 Å². The summed E-state index contributed by atoms with van der Waals surface area (Å²) in [6, 6.07) is 7.93. The number of benzene rings is 1. The van der Waals surface area contributed by atoms with Crippen molar-refractivity contribution in [1.82, 2.24) is 9.78 Å². The number of hydrogen-bond acceptors (Lipinski definition) is 4. The third-order valence-corrected chi connectivity index (χ3v) is 3.83. The molecule has 0 aliphatic heterocycles. The second kappa shape index (κ2) is 6.12. The summed E-state index contributed by atoms with van der Waals surface area (Å²) in [5.74, 6) is 1.64. The number of nitrogens with zero attached hydrogens (tertiary/aromatic N) is 2. The van der Waals surface area contributed by atoms with Crippen molar-refractivity contribution in [2.45, 2.75) is 17.9 Å². The molecule has 5 heteroatoms. The predicted molar refractivity (Wildman–Crippen MR) is 76.7 cm³/mol. The quantitative estimate of drug-likeness (QED) is 0.854. The molecular weight excluding hydrogens is 260 g/mol. The van der Waals surface area contributed by atoms with Gasteiger partial charge in [0, 0.05) is 11.9 Å². The van der Waals surface area contributed by atoms with Crippen LogP contribution in [0.15, 0.2) is 35.4 Å².